The molecule has 8 nitrogen and oxygen atoms in total. The van der Waals surface area contributed by atoms with E-state index in [0.717, 1.165) is 21.5 Å². The number of imidazole rings is 1. The fourth-order valence-electron chi connectivity index (χ4n) is 3.27. The Morgan fingerprint density at radius 1 is 1.04 bits per heavy atom. The fourth-order valence-corrected chi connectivity index (χ4v) is 3.27. The second kappa shape index (κ2) is 6.80. The molecule has 2 amide bonds. The number of amides is 2. The minimum Gasteiger partial charge on any atom is -0.395 e. The fraction of sp³-hybridized carbons (Fsp3) is 0.389. The molecule has 8 heteroatoms. The van der Waals surface area contributed by atoms with Crippen molar-refractivity contribution in [3.63, 3.8) is 0 Å². The number of fused-ring (bicyclic) bond motifs is 1. The Morgan fingerprint density at radius 2 is 1.65 bits per heavy atom. The molecule has 0 atom stereocenters. The van der Waals surface area contributed by atoms with E-state index in [2.05, 4.69) is 5.32 Å². The van der Waals surface area contributed by atoms with E-state index < -0.39 is 11.8 Å². The molecular weight excluding hydrogens is 336 g/mol. The first-order valence-electron chi connectivity index (χ1n) is 8.62. The van der Waals surface area contributed by atoms with Gasteiger partial charge >= 0.3 is 5.69 Å². The summed E-state index contributed by atoms with van der Waals surface area (Å²) in [6.45, 7) is 6.50. The van der Waals surface area contributed by atoms with Gasteiger partial charge in [0.2, 0.25) is 0 Å². The van der Waals surface area contributed by atoms with Gasteiger partial charge in [-0.1, -0.05) is 0 Å². The van der Waals surface area contributed by atoms with Gasteiger partial charge in [-0.05, 0) is 38.5 Å². The number of hydrogen-bond donors (Lipinski definition) is 2. The molecule has 2 N–H and O–H groups in total. The van der Waals surface area contributed by atoms with E-state index in [1.807, 2.05) is 32.9 Å². The lowest BCUT2D eigenvalue weighted by molar-refractivity contribution is -0.137. The van der Waals surface area contributed by atoms with Crippen molar-refractivity contribution in [2.45, 2.75) is 33.9 Å². The number of anilines is 1. The van der Waals surface area contributed by atoms with Crippen LogP contribution in [0.15, 0.2) is 28.7 Å². The number of aliphatic hydroxyl groups excluding tert-OH is 1. The van der Waals surface area contributed by atoms with E-state index >= 15 is 0 Å². The molecule has 1 aromatic heterocycles. The minimum atomic E-state index is -0.470. The zero-order valence-corrected chi connectivity index (χ0v) is 15.1. The molecule has 0 aliphatic carbocycles. The Bertz CT molecular complexity index is 983. The third-order valence-electron chi connectivity index (χ3n) is 4.60. The maximum Gasteiger partial charge on any atom is 0.329 e. The number of nitrogens with one attached hydrogen (secondary N) is 1. The van der Waals surface area contributed by atoms with Gasteiger partial charge in [0.25, 0.3) is 11.8 Å². The summed E-state index contributed by atoms with van der Waals surface area (Å²) in [6.07, 6.45) is 1.23. The molecule has 1 aliphatic heterocycles. The van der Waals surface area contributed by atoms with E-state index in [-0.39, 0.29) is 24.5 Å². The second-order valence-corrected chi connectivity index (χ2v) is 6.13. The molecule has 0 unspecified atom stereocenters. The first-order chi connectivity index (χ1) is 12.4. The van der Waals surface area contributed by atoms with Crippen molar-refractivity contribution >= 4 is 28.5 Å². The van der Waals surface area contributed by atoms with Crippen molar-refractivity contribution in [3.05, 3.63) is 40.0 Å². The van der Waals surface area contributed by atoms with E-state index in [1.165, 1.54) is 6.08 Å². The molecule has 138 valence electrons. The molecule has 26 heavy (non-hydrogen) atoms. The summed E-state index contributed by atoms with van der Waals surface area (Å²) in [6, 6.07) is 3.73. The maximum atomic E-state index is 12.5. The van der Waals surface area contributed by atoms with Crippen LogP contribution in [0.3, 0.4) is 0 Å². The van der Waals surface area contributed by atoms with Crippen LogP contribution in [0.25, 0.3) is 11.0 Å². The van der Waals surface area contributed by atoms with Gasteiger partial charge in [0.05, 0.1) is 24.2 Å². The number of carbonyl (C=O) groups is 2. The number of β-amino-alcohol motifs (C(OH)–C–C–N with tert-alkyl or cyclic N) is 1. The van der Waals surface area contributed by atoms with Crippen LogP contribution in [0, 0.1) is 6.92 Å². The highest BCUT2D eigenvalue weighted by atomic mass is 16.3. The van der Waals surface area contributed by atoms with E-state index in [0.29, 0.717) is 18.8 Å². The quantitative estimate of drug-likeness (QED) is 0.745. The number of rotatable bonds is 6. The van der Waals surface area contributed by atoms with Crippen LogP contribution in [0.4, 0.5) is 5.69 Å². The number of benzene rings is 1. The molecule has 0 bridgehead atoms. The zero-order valence-electron chi connectivity index (χ0n) is 15.1. The molecule has 0 fully saturated rings. The number of aliphatic hydroxyl groups is 1. The Balaban J connectivity index is 2.03. The predicted molar refractivity (Wildman–Crippen MR) is 97.8 cm³/mol. The maximum absolute atomic E-state index is 12.5. The minimum absolute atomic E-state index is 0.0356. The lowest BCUT2D eigenvalue weighted by atomic mass is 10.1. The Morgan fingerprint density at radius 3 is 2.23 bits per heavy atom. The Hall–Kier alpha value is -2.87. The Kier molecular flexibility index (Phi) is 4.69. The van der Waals surface area contributed by atoms with Gasteiger partial charge in [-0.25, -0.2) is 4.79 Å². The highest BCUT2D eigenvalue weighted by molar-refractivity contribution is 6.17. The monoisotopic (exact) mass is 358 g/mol. The van der Waals surface area contributed by atoms with Crippen LogP contribution in [0.5, 0.6) is 0 Å². The van der Waals surface area contributed by atoms with E-state index in [1.54, 1.807) is 9.13 Å². The summed E-state index contributed by atoms with van der Waals surface area (Å²) >= 11 is 0. The molecule has 1 aliphatic rings. The van der Waals surface area contributed by atoms with Crippen molar-refractivity contribution in [2.24, 2.45) is 0 Å². The number of nitrogens with zero attached hydrogens (tertiary/aromatic N) is 3. The average Bonchev–Trinajstić information content (AvgIpc) is 3.02. The summed E-state index contributed by atoms with van der Waals surface area (Å²) in [5.41, 5.74) is 3.22. The van der Waals surface area contributed by atoms with Gasteiger partial charge in [0.15, 0.2) is 0 Å². The van der Waals surface area contributed by atoms with Crippen molar-refractivity contribution in [1.82, 2.24) is 14.0 Å². The lowest BCUT2D eigenvalue weighted by Gasteiger charge is -2.14. The van der Waals surface area contributed by atoms with Gasteiger partial charge < -0.3 is 10.4 Å². The van der Waals surface area contributed by atoms with Gasteiger partial charge in [0, 0.05) is 24.9 Å². The number of hydrogen-bond acceptors (Lipinski definition) is 5. The SMILES string of the molecule is CCn1c(=O)n(CC)c2cc(NC3=CC(=O)N(CCO)C3=O)c(C)cc21. The molecule has 1 aromatic carbocycles. The Labute approximate surface area is 150 Å². The summed E-state index contributed by atoms with van der Waals surface area (Å²) < 4.78 is 3.39. The number of aryl methyl sites for hydroxylation is 3. The molecule has 0 spiro atoms. The molecule has 0 saturated carbocycles. The summed E-state index contributed by atoms with van der Waals surface area (Å²) in [4.78, 5) is 37.7. The van der Waals surface area contributed by atoms with Gasteiger partial charge in [-0.3, -0.25) is 23.6 Å². The van der Waals surface area contributed by atoms with Crippen molar-refractivity contribution < 1.29 is 14.7 Å². The molecule has 0 radical (unpaired) electrons. The van der Waals surface area contributed by atoms with Crippen LogP contribution in [0.2, 0.25) is 0 Å². The highest BCUT2D eigenvalue weighted by Crippen LogP contribution is 2.26. The first-order valence-corrected chi connectivity index (χ1v) is 8.62. The zero-order chi connectivity index (χ0) is 19.0. The third kappa shape index (κ3) is 2.72. The summed E-state index contributed by atoms with van der Waals surface area (Å²) in [5, 5.41) is 12.0. The second-order valence-electron chi connectivity index (χ2n) is 6.13. The van der Waals surface area contributed by atoms with Crippen LogP contribution in [-0.4, -0.2) is 44.1 Å². The van der Waals surface area contributed by atoms with Crippen molar-refractivity contribution in [2.75, 3.05) is 18.5 Å². The van der Waals surface area contributed by atoms with Gasteiger partial charge in [0.1, 0.15) is 5.70 Å². The van der Waals surface area contributed by atoms with E-state index in [4.69, 9.17) is 5.11 Å². The van der Waals surface area contributed by atoms with Crippen LogP contribution in [0.1, 0.15) is 19.4 Å². The lowest BCUT2D eigenvalue weighted by Crippen LogP contribution is -2.34. The normalized spacial score (nSPS) is 14.5. The average molecular weight is 358 g/mol. The summed E-state index contributed by atoms with van der Waals surface area (Å²) in [7, 11) is 0. The smallest absolute Gasteiger partial charge is 0.329 e. The number of carbonyl (C=O) groups excluding carboxylic acids is 2. The molecular formula is C18H22N4O4. The summed E-state index contributed by atoms with van der Waals surface area (Å²) in [5.74, 6) is -0.921. The van der Waals surface area contributed by atoms with Gasteiger partial charge in [-0.2, -0.15) is 0 Å². The van der Waals surface area contributed by atoms with Crippen molar-refractivity contribution in [3.8, 4) is 0 Å². The number of aromatic nitrogens is 2. The van der Waals surface area contributed by atoms with Crippen LogP contribution >= 0.6 is 0 Å². The number of imide groups is 1. The molecule has 0 saturated heterocycles. The molecule has 3 rings (SSSR count). The largest absolute Gasteiger partial charge is 0.395 e. The third-order valence-corrected chi connectivity index (χ3v) is 4.60. The standard InChI is InChI=1S/C18H22N4O4/c1-4-20-14-8-11(3)12(9-15(14)21(5-2)18(20)26)19-13-10-16(24)22(6-7-23)17(13)25/h8-10,19,23H,4-7H2,1-3H3. The van der Waals surface area contributed by atoms with Gasteiger partial charge in [-0.15, -0.1) is 0 Å². The van der Waals surface area contributed by atoms with Crippen LogP contribution < -0.4 is 11.0 Å². The van der Waals surface area contributed by atoms with E-state index in [9.17, 15) is 14.4 Å². The predicted octanol–water partition coefficient (Wildman–Crippen LogP) is 0.808. The molecule has 2 aromatic rings. The van der Waals surface area contributed by atoms with Crippen molar-refractivity contribution in [1.29, 1.82) is 0 Å². The first kappa shape index (κ1) is 17.9. The highest BCUT2D eigenvalue weighted by Gasteiger charge is 2.31. The molecule has 2 heterocycles. The topological polar surface area (TPSA) is 96.6 Å². The van der Waals surface area contributed by atoms with Crippen LogP contribution in [-0.2, 0) is 22.7 Å².